The average Bonchev–Trinajstić information content (AvgIpc) is 3.26. The smallest absolute Gasteiger partial charge is 0.269 e. The van der Waals surface area contributed by atoms with Gasteiger partial charge in [-0.1, -0.05) is 24.3 Å². The second kappa shape index (κ2) is 11.0. The highest BCUT2D eigenvalue weighted by molar-refractivity contribution is 14.0. The largest absolute Gasteiger partial charge is 0.372 e. The number of non-ortho nitro benzene ring substituents is 1. The Kier molecular flexibility index (Phi) is 8.69. The van der Waals surface area contributed by atoms with Crippen LogP contribution in [-0.4, -0.2) is 31.0 Å². The highest BCUT2D eigenvalue weighted by atomic mass is 127. The Bertz CT molecular complexity index is 835. The molecule has 7 nitrogen and oxygen atoms in total. The zero-order valence-corrected chi connectivity index (χ0v) is 19.1. The molecule has 0 saturated carbocycles. The third-order valence-electron chi connectivity index (χ3n) is 5.03. The Hall–Kier alpha value is -2.36. The monoisotopic (exact) mass is 509 g/mol. The molecule has 2 aromatic rings. The van der Waals surface area contributed by atoms with Crippen molar-refractivity contribution in [1.82, 2.24) is 10.6 Å². The fraction of sp³-hybridized carbons (Fsp3) is 0.381. The number of hydrogen-bond acceptors (Lipinski definition) is 4. The number of nitrogens with zero attached hydrogens (tertiary/aromatic N) is 3. The first-order valence-corrected chi connectivity index (χ1v) is 9.62. The number of nitro groups is 1. The predicted molar refractivity (Wildman–Crippen MR) is 128 cm³/mol. The van der Waals surface area contributed by atoms with Crippen LogP contribution in [0, 0.1) is 10.1 Å². The van der Waals surface area contributed by atoms with Gasteiger partial charge in [0, 0.05) is 44.5 Å². The lowest BCUT2D eigenvalue weighted by Crippen LogP contribution is -2.38. The maximum atomic E-state index is 10.7. The Morgan fingerprint density at radius 1 is 1.21 bits per heavy atom. The van der Waals surface area contributed by atoms with E-state index in [1.165, 1.54) is 36.2 Å². The Labute approximate surface area is 188 Å². The van der Waals surface area contributed by atoms with Gasteiger partial charge in [-0.3, -0.25) is 15.1 Å². The molecule has 1 saturated heterocycles. The van der Waals surface area contributed by atoms with Gasteiger partial charge in [0.05, 0.1) is 11.0 Å². The van der Waals surface area contributed by atoms with Gasteiger partial charge in [-0.05, 0) is 43.0 Å². The van der Waals surface area contributed by atoms with Crippen LogP contribution in [0.3, 0.4) is 0 Å². The zero-order valence-electron chi connectivity index (χ0n) is 16.8. The van der Waals surface area contributed by atoms with Crippen molar-refractivity contribution >= 4 is 41.3 Å². The fourth-order valence-electron chi connectivity index (χ4n) is 3.37. The quantitative estimate of drug-likeness (QED) is 0.200. The molecule has 1 fully saturated rings. The lowest BCUT2D eigenvalue weighted by atomic mass is 10.1. The van der Waals surface area contributed by atoms with E-state index >= 15 is 0 Å². The Morgan fingerprint density at radius 2 is 1.90 bits per heavy atom. The summed E-state index contributed by atoms with van der Waals surface area (Å²) in [4.78, 5) is 17.1. The summed E-state index contributed by atoms with van der Waals surface area (Å²) in [6.07, 6.45) is 2.52. The molecular weight excluding hydrogens is 481 g/mol. The summed E-state index contributed by atoms with van der Waals surface area (Å²) in [5.41, 5.74) is 3.54. The molecule has 1 aliphatic heterocycles. The lowest BCUT2D eigenvalue weighted by Gasteiger charge is -2.22. The molecule has 8 heteroatoms. The van der Waals surface area contributed by atoms with E-state index in [0.717, 1.165) is 18.7 Å². The van der Waals surface area contributed by atoms with E-state index < -0.39 is 4.92 Å². The topological polar surface area (TPSA) is 82.8 Å². The van der Waals surface area contributed by atoms with E-state index in [-0.39, 0.29) is 35.7 Å². The van der Waals surface area contributed by atoms with E-state index in [0.29, 0.717) is 12.5 Å². The highest BCUT2D eigenvalue weighted by Crippen LogP contribution is 2.24. The fourth-order valence-corrected chi connectivity index (χ4v) is 3.37. The molecule has 0 radical (unpaired) electrons. The molecular formula is C21H28IN5O2. The van der Waals surface area contributed by atoms with Crippen molar-refractivity contribution < 1.29 is 4.92 Å². The molecule has 2 N–H and O–H groups in total. The van der Waals surface area contributed by atoms with Crippen molar-refractivity contribution in [2.24, 2.45) is 4.99 Å². The minimum absolute atomic E-state index is 0. The van der Waals surface area contributed by atoms with Gasteiger partial charge in [-0.25, -0.2) is 0 Å². The average molecular weight is 509 g/mol. The zero-order chi connectivity index (χ0) is 19.9. The van der Waals surface area contributed by atoms with Crippen LogP contribution in [0.15, 0.2) is 53.5 Å². The molecule has 0 spiro atoms. The van der Waals surface area contributed by atoms with Crippen molar-refractivity contribution in [2.45, 2.75) is 32.4 Å². The first-order chi connectivity index (χ1) is 13.6. The normalized spacial score (nSPS) is 14.8. The van der Waals surface area contributed by atoms with Crippen LogP contribution in [0.2, 0.25) is 0 Å². The summed E-state index contributed by atoms with van der Waals surface area (Å²) < 4.78 is 0. The third kappa shape index (κ3) is 6.31. The second-order valence-corrected chi connectivity index (χ2v) is 7.00. The van der Waals surface area contributed by atoms with Gasteiger partial charge >= 0.3 is 0 Å². The highest BCUT2D eigenvalue weighted by Gasteiger charge is 2.14. The number of benzene rings is 2. The minimum atomic E-state index is -0.393. The Morgan fingerprint density at radius 3 is 2.52 bits per heavy atom. The molecule has 3 rings (SSSR count). The van der Waals surface area contributed by atoms with E-state index in [1.807, 2.05) is 0 Å². The molecule has 1 heterocycles. The minimum Gasteiger partial charge on any atom is -0.372 e. The van der Waals surface area contributed by atoms with Gasteiger partial charge in [0.15, 0.2) is 5.96 Å². The molecule has 0 amide bonds. The van der Waals surface area contributed by atoms with Gasteiger partial charge in [0.2, 0.25) is 0 Å². The lowest BCUT2D eigenvalue weighted by molar-refractivity contribution is -0.384. The van der Waals surface area contributed by atoms with Crippen molar-refractivity contribution in [2.75, 3.05) is 25.0 Å². The number of anilines is 1. The standard InChI is InChI=1S/C21H27N5O2.HI/c1-16(18-6-5-7-20(14-18)25-12-3-4-13-25)24-21(22-2)23-15-17-8-10-19(11-9-17)26(27)28;/h5-11,14,16H,3-4,12-13,15H2,1-2H3,(H2,22,23,24);1H. The van der Waals surface area contributed by atoms with Crippen molar-refractivity contribution in [3.05, 3.63) is 69.8 Å². The maximum absolute atomic E-state index is 10.7. The molecule has 2 aromatic carbocycles. The van der Waals surface area contributed by atoms with E-state index in [9.17, 15) is 10.1 Å². The van der Waals surface area contributed by atoms with Crippen LogP contribution in [-0.2, 0) is 6.54 Å². The number of guanidine groups is 1. The summed E-state index contributed by atoms with van der Waals surface area (Å²) >= 11 is 0. The number of nitro benzene ring substituents is 1. The van der Waals surface area contributed by atoms with Gasteiger partial charge in [0.1, 0.15) is 0 Å². The van der Waals surface area contributed by atoms with Crippen LogP contribution >= 0.6 is 24.0 Å². The molecule has 1 atom stereocenters. The number of nitrogens with one attached hydrogen (secondary N) is 2. The predicted octanol–water partition coefficient (Wildman–Crippen LogP) is 4.24. The molecule has 1 aliphatic rings. The number of rotatable bonds is 6. The van der Waals surface area contributed by atoms with Crippen molar-refractivity contribution in [3.63, 3.8) is 0 Å². The van der Waals surface area contributed by atoms with E-state index in [2.05, 4.69) is 51.7 Å². The van der Waals surface area contributed by atoms with Gasteiger partial charge in [0.25, 0.3) is 5.69 Å². The van der Waals surface area contributed by atoms with Crippen LogP contribution in [0.5, 0.6) is 0 Å². The molecule has 1 unspecified atom stereocenters. The van der Waals surface area contributed by atoms with Gasteiger partial charge in [-0.2, -0.15) is 0 Å². The van der Waals surface area contributed by atoms with E-state index in [1.54, 1.807) is 19.2 Å². The molecule has 0 aromatic heterocycles. The number of halogens is 1. The maximum Gasteiger partial charge on any atom is 0.269 e. The summed E-state index contributed by atoms with van der Waals surface area (Å²) in [6, 6.07) is 15.3. The molecule has 29 heavy (non-hydrogen) atoms. The van der Waals surface area contributed by atoms with Crippen molar-refractivity contribution in [3.8, 4) is 0 Å². The van der Waals surface area contributed by atoms with Gasteiger partial charge in [-0.15, -0.1) is 24.0 Å². The molecule has 156 valence electrons. The third-order valence-corrected chi connectivity index (χ3v) is 5.03. The molecule has 0 bridgehead atoms. The van der Waals surface area contributed by atoms with Crippen molar-refractivity contribution in [1.29, 1.82) is 0 Å². The number of hydrogen-bond donors (Lipinski definition) is 2. The molecule has 0 aliphatic carbocycles. The van der Waals surface area contributed by atoms with Crippen LogP contribution in [0.4, 0.5) is 11.4 Å². The Balaban J connectivity index is 0.00000300. The summed E-state index contributed by atoms with van der Waals surface area (Å²) in [7, 11) is 1.73. The summed E-state index contributed by atoms with van der Waals surface area (Å²) in [5, 5.41) is 17.4. The number of aliphatic imine (C=N–C) groups is 1. The summed E-state index contributed by atoms with van der Waals surface area (Å²) in [6.45, 7) is 4.91. The van der Waals surface area contributed by atoms with Gasteiger partial charge < -0.3 is 15.5 Å². The first-order valence-electron chi connectivity index (χ1n) is 9.62. The van der Waals surface area contributed by atoms with Crippen LogP contribution in [0.1, 0.15) is 36.9 Å². The van der Waals surface area contributed by atoms with Crippen LogP contribution < -0.4 is 15.5 Å². The van der Waals surface area contributed by atoms with Crippen LogP contribution in [0.25, 0.3) is 0 Å². The SMILES string of the molecule is CN=C(NCc1ccc([N+](=O)[O-])cc1)NC(C)c1cccc(N2CCCC2)c1.I. The first kappa shape index (κ1) is 22.9. The van der Waals surface area contributed by atoms with E-state index in [4.69, 9.17) is 0 Å². The summed E-state index contributed by atoms with van der Waals surface area (Å²) in [5.74, 6) is 0.692. The second-order valence-electron chi connectivity index (χ2n) is 7.00.